The molecular weight excluding hydrogens is 304 g/mol. The number of methoxy groups -OCH3 is 1. The minimum absolute atomic E-state index is 0.119. The zero-order valence-electron chi connectivity index (χ0n) is 12.3. The van der Waals surface area contributed by atoms with Crippen LogP contribution in [0.3, 0.4) is 0 Å². The predicted molar refractivity (Wildman–Crippen MR) is 81.9 cm³/mol. The molecule has 2 rings (SSSR count). The molecule has 0 saturated heterocycles. The number of nitrogen functional groups attached to an aromatic ring is 1. The maximum absolute atomic E-state index is 11.8. The van der Waals surface area contributed by atoms with Gasteiger partial charge in [0.2, 0.25) is 0 Å². The molecule has 0 amide bonds. The van der Waals surface area contributed by atoms with Crippen molar-refractivity contribution in [1.82, 2.24) is 4.68 Å². The summed E-state index contributed by atoms with van der Waals surface area (Å²) in [6, 6.07) is 5.23. The summed E-state index contributed by atoms with van der Waals surface area (Å²) >= 11 is 0. The number of pyridine rings is 1. The Labute approximate surface area is 130 Å². The van der Waals surface area contributed by atoms with E-state index in [0.29, 0.717) is 5.56 Å². The first-order chi connectivity index (χ1) is 10.8. The molecule has 0 fully saturated rings. The fraction of sp³-hybridized carbons (Fsp3) is 0.143. The zero-order chi connectivity index (χ0) is 17.1. The van der Waals surface area contributed by atoms with Crippen molar-refractivity contribution in [2.75, 3.05) is 12.8 Å². The Morgan fingerprint density at radius 3 is 2.61 bits per heavy atom. The molecule has 0 unspecified atom stereocenters. The average Bonchev–Trinajstić information content (AvgIpc) is 2.47. The first kappa shape index (κ1) is 16.0. The van der Waals surface area contributed by atoms with Gasteiger partial charge in [-0.15, -0.1) is 0 Å². The third kappa shape index (κ3) is 3.28. The summed E-state index contributed by atoms with van der Waals surface area (Å²) in [4.78, 5) is 21.9. The molecule has 1 aromatic heterocycles. The van der Waals surface area contributed by atoms with Crippen molar-refractivity contribution < 1.29 is 14.8 Å². The zero-order valence-corrected chi connectivity index (χ0v) is 12.3. The number of hydrogen-bond acceptors (Lipinski definition) is 7. The maximum Gasteiger partial charge on any atom is 0.273 e. The van der Waals surface area contributed by atoms with Crippen LogP contribution >= 0.6 is 0 Å². The molecule has 0 bridgehead atoms. The van der Waals surface area contributed by atoms with Crippen LogP contribution in [-0.4, -0.2) is 22.9 Å². The van der Waals surface area contributed by atoms with Gasteiger partial charge in [0.15, 0.2) is 0 Å². The summed E-state index contributed by atoms with van der Waals surface area (Å²) < 4.78 is 5.76. The standard InChI is InChI=1S/C14H14N4O5/c1-8-3-12(15)17(13(19)4-8)16-7-9-5-10(18(21)22)14(20)11(6-9)23-2/h3-7,20H,15H2,1-2H3/p-1/b16-7-. The number of nitro benzene ring substituents is 1. The first-order valence-electron chi connectivity index (χ1n) is 6.40. The van der Waals surface area contributed by atoms with E-state index in [1.165, 1.54) is 25.5 Å². The van der Waals surface area contributed by atoms with Crippen molar-refractivity contribution in [3.63, 3.8) is 0 Å². The highest BCUT2D eigenvalue weighted by Crippen LogP contribution is 2.33. The normalized spacial score (nSPS) is 10.9. The van der Waals surface area contributed by atoms with Gasteiger partial charge >= 0.3 is 0 Å². The second kappa shape index (κ2) is 6.18. The van der Waals surface area contributed by atoms with Crippen LogP contribution in [0.2, 0.25) is 0 Å². The smallest absolute Gasteiger partial charge is 0.273 e. The number of aryl methyl sites for hydroxylation is 1. The van der Waals surface area contributed by atoms with E-state index in [1.807, 2.05) is 0 Å². The Bertz CT molecular complexity index is 857. The predicted octanol–water partition coefficient (Wildman–Crippen LogP) is 0.612. The second-order valence-electron chi connectivity index (χ2n) is 4.68. The number of aromatic nitrogens is 1. The molecule has 0 aliphatic heterocycles. The van der Waals surface area contributed by atoms with Gasteiger partial charge in [0.05, 0.1) is 18.2 Å². The fourth-order valence-electron chi connectivity index (χ4n) is 1.94. The van der Waals surface area contributed by atoms with Crippen molar-refractivity contribution in [3.8, 4) is 11.5 Å². The summed E-state index contributed by atoms with van der Waals surface area (Å²) in [7, 11) is 1.23. The van der Waals surface area contributed by atoms with E-state index < -0.39 is 21.9 Å². The van der Waals surface area contributed by atoms with Crippen molar-refractivity contribution in [1.29, 1.82) is 0 Å². The van der Waals surface area contributed by atoms with Gasteiger partial charge < -0.3 is 15.6 Å². The van der Waals surface area contributed by atoms with Gasteiger partial charge in [0.25, 0.3) is 11.2 Å². The van der Waals surface area contributed by atoms with Crippen molar-refractivity contribution in [3.05, 3.63) is 55.9 Å². The minimum atomic E-state index is -0.832. The Hall–Kier alpha value is -3.36. The lowest BCUT2D eigenvalue weighted by Crippen LogP contribution is -2.19. The number of benzene rings is 1. The molecule has 0 saturated carbocycles. The number of nitrogens with two attached hydrogens (primary N) is 1. The lowest BCUT2D eigenvalue weighted by Gasteiger charge is -2.13. The monoisotopic (exact) mass is 317 g/mol. The first-order valence-corrected chi connectivity index (χ1v) is 6.40. The van der Waals surface area contributed by atoms with Crippen LogP contribution in [0.25, 0.3) is 0 Å². The molecule has 23 heavy (non-hydrogen) atoms. The SMILES string of the molecule is COc1cc(/C=N\n2c(N)cc(C)cc2=O)cc([N+](=O)[O-])c1[O-]. The molecule has 0 spiro atoms. The molecule has 0 aliphatic carbocycles. The molecule has 0 atom stereocenters. The van der Waals surface area contributed by atoms with E-state index in [-0.39, 0.29) is 17.1 Å². The van der Waals surface area contributed by atoms with E-state index in [2.05, 4.69) is 5.10 Å². The molecule has 1 aromatic carbocycles. The molecule has 2 N–H and O–H groups in total. The van der Waals surface area contributed by atoms with E-state index in [0.717, 1.165) is 10.7 Å². The third-order valence-corrected chi connectivity index (χ3v) is 2.98. The largest absolute Gasteiger partial charge is 0.865 e. The Morgan fingerprint density at radius 1 is 1.35 bits per heavy atom. The van der Waals surface area contributed by atoms with E-state index in [9.17, 15) is 20.0 Å². The molecule has 1 heterocycles. The highest BCUT2D eigenvalue weighted by atomic mass is 16.6. The van der Waals surface area contributed by atoms with Crippen LogP contribution in [0.5, 0.6) is 11.5 Å². The number of nitro groups is 1. The molecule has 9 nitrogen and oxygen atoms in total. The van der Waals surface area contributed by atoms with Crippen molar-refractivity contribution >= 4 is 17.7 Å². The van der Waals surface area contributed by atoms with Crippen molar-refractivity contribution in [2.24, 2.45) is 5.10 Å². The van der Waals surface area contributed by atoms with E-state index in [1.54, 1.807) is 13.0 Å². The average molecular weight is 317 g/mol. The summed E-state index contributed by atoms with van der Waals surface area (Å²) in [5.74, 6) is -0.903. The quantitative estimate of drug-likeness (QED) is 0.498. The number of hydrogen-bond donors (Lipinski definition) is 1. The number of nitrogens with zero attached hydrogens (tertiary/aromatic N) is 3. The van der Waals surface area contributed by atoms with Crippen LogP contribution in [0, 0.1) is 17.0 Å². The second-order valence-corrected chi connectivity index (χ2v) is 4.68. The Kier molecular flexibility index (Phi) is 4.30. The van der Waals surface area contributed by atoms with Gasteiger partial charge in [-0.25, -0.2) is 0 Å². The van der Waals surface area contributed by atoms with Gasteiger partial charge in [0.1, 0.15) is 11.6 Å². The molecule has 0 radical (unpaired) electrons. The third-order valence-electron chi connectivity index (χ3n) is 2.98. The Morgan fingerprint density at radius 2 is 2.04 bits per heavy atom. The van der Waals surface area contributed by atoms with Crippen LogP contribution in [0.1, 0.15) is 11.1 Å². The van der Waals surface area contributed by atoms with Gasteiger partial charge in [-0.05, 0) is 24.6 Å². The minimum Gasteiger partial charge on any atom is -0.865 e. The molecule has 0 aliphatic rings. The number of rotatable bonds is 4. The Balaban J connectivity index is 2.50. The van der Waals surface area contributed by atoms with E-state index in [4.69, 9.17) is 10.5 Å². The summed E-state index contributed by atoms with van der Waals surface area (Å²) in [6.45, 7) is 1.72. The lowest BCUT2D eigenvalue weighted by molar-refractivity contribution is -0.398. The maximum atomic E-state index is 11.8. The molecular formula is C14H13N4O5-. The fourth-order valence-corrected chi connectivity index (χ4v) is 1.94. The van der Waals surface area contributed by atoms with E-state index >= 15 is 0 Å². The van der Waals surface area contributed by atoms with Crippen molar-refractivity contribution in [2.45, 2.75) is 6.92 Å². The van der Waals surface area contributed by atoms with Gasteiger partial charge in [-0.3, -0.25) is 14.9 Å². The van der Waals surface area contributed by atoms with Crippen LogP contribution in [-0.2, 0) is 0 Å². The van der Waals surface area contributed by atoms with Crippen LogP contribution in [0.4, 0.5) is 11.5 Å². The van der Waals surface area contributed by atoms with Gasteiger partial charge in [-0.2, -0.15) is 9.78 Å². The summed E-state index contributed by atoms with van der Waals surface area (Å²) in [6.07, 6.45) is 1.18. The molecule has 9 heteroatoms. The topological polar surface area (TPSA) is 136 Å². The molecule has 2 aromatic rings. The highest BCUT2D eigenvalue weighted by Gasteiger charge is 2.13. The number of anilines is 1. The highest BCUT2D eigenvalue weighted by molar-refractivity contribution is 5.83. The molecule has 120 valence electrons. The summed E-state index contributed by atoms with van der Waals surface area (Å²) in [5.41, 5.74) is 5.53. The van der Waals surface area contributed by atoms with Gasteiger partial charge in [0, 0.05) is 23.4 Å². The lowest BCUT2D eigenvalue weighted by atomic mass is 10.2. The van der Waals surface area contributed by atoms with Crippen LogP contribution in [0.15, 0.2) is 34.2 Å². The summed E-state index contributed by atoms with van der Waals surface area (Å²) in [5, 5.41) is 26.5. The number of ether oxygens (including phenoxy) is 1. The van der Waals surface area contributed by atoms with Crippen LogP contribution < -0.4 is 21.1 Å². The van der Waals surface area contributed by atoms with Gasteiger partial charge in [-0.1, -0.05) is 0 Å².